The summed E-state index contributed by atoms with van der Waals surface area (Å²) in [7, 11) is 0. The Balaban J connectivity index is 1.74. The number of fused-ring (bicyclic) bond motifs is 1. The second-order valence-electron chi connectivity index (χ2n) is 5.45. The minimum absolute atomic E-state index is 0.592. The first-order chi connectivity index (χ1) is 8.84. The zero-order valence-electron chi connectivity index (χ0n) is 11.0. The van der Waals surface area contributed by atoms with Crippen LogP contribution in [0.1, 0.15) is 25.3 Å². The molecule has 1 heterocycles. The van der Waals surface area contributed by atoms with E-state index in [2.05, 4.69) is 60.4 Å². The summed E-state index contributed by atoms with van der Waals surface area (Å²) in [5.74, 6) is 0.803. The van der Waals surface area contributed by atoms with Crippen molar-refractivity contribution in [1.29, 1.82) is 0 Å². The number of hydrogen-bond acceptors (Lipinski definition) is 1. The molecule has 1 aromatic carbocycles. The molecule has 2 aliphatic rings. The molecule has 0 bridgehead atoms. The molecule has 1 aromatic rings. The molecule has 1 fully saturated rings. The maximum atomic E-state index is 2.61. The van der Waals surface area contributed by atoms with Gasteiger partial charge in [-0.05, 0) is 43.4 Å². The van der Waals surface area contributed by atoms with Crippen molar-refractivity contribution < 1.29 is 0 Å². The normalized spacial score (nSPS) is 27.7. The van der Waals surface area contributed by atoms with Gasteiger partial charge in [0.2, 0.25) is 0 Å². The van der Waals surface area contributed by atoms with Crippen molar-refractivity contribution in [3.8, 4) is 0 Å². The van der Waals surface area contributed by atoms with Gasteiger partial charge in [0.1, 0.15) is 0 Å². The average molecular weight is 239 g/mol. The minimum Gasteiger partial charge on any atom is -0.293 e. The van der Waals surface area contributed by atoms with Crippen molar-refractivity contribution in [2.45, 2.75) is 32.4 Å². The minimum atomic E-state index is 0.592. The standard InChI is InChI=1S/C17H21N/c1-14-17-10-6-5-9-16(17)11-12-18(14)13-15-7-3-2-4-8-15/h2-8,10,14,16H,9,11-13H2,1H3. The van der Waals surface area contributed by atoms with Crippen LogP contribution in [0.15, 0.2) is 54.1 Å². The van der Waals surface area contributed by atoms with Crippen LogP contribution in [0.3, 0.4) is 0 Å². The maximum absolute atomic E-state index is 2.61. The number of hydrogen-bond donors (Lipinski definition) is 0. The first-order valence-corrected chi connectivity index (χ1v) is 6.99. The number of nitrogens with zero attached hydrogens (tertiary/aromatic N) is 1. The Hall–Kier alpha value is -1.34. The third kappa shape index (κ3) is 2.28. The van der Waals surface area contributed by atoms with Crippen LogP contribution in [0.5, 0.6) is 0 Å². The van der Waals surface area contributed by atoms with E-state index in [4.69, 9.17) is 0 Å². The summed E-state index contributed by atoms with van der Waals surface area (Å²) in [5.41, 5.74) is 3.06. The molecule has 0 saturated carbocycles. The number of rotatable bonds is 2. The summed E-state index contributed by atoms with van der Waals surface area (Å²) in [5, 5.41) is 0. The first kappa shape index (κ1) is 11.7. The van der Waals surface area contributed by atoms with Crippen LogP contribution < -0.4 is 0 Å². The molecule has 2 unspecified atom stereocenters. The van der Waals surface area contributed by atoms with Crippen LogP contribution in [-0.4, -0.2) is 17.5 Å². The molecule has 0 radical (unpaired) electrons. The van der Waals surface area contributed by atoms with E-state index in [0.29, 0.717) is 6.04 Å². The van der Waals surface area contributed by atoms with E-state index in [1.54, 1.807) is 5.57 Å². The fourth-order valence-corrected chi connectivity index (χ4v) is 3.22. The molecule has 94 valence electrons. The van der Waals surface area contributed by atoms with Crippen LogP contribution >= 0.6 is 0 Å². The number of allylic oxidation sites excluding steroid dienone is 3. The van der Waals surface area contributed by atoms with Gasteiger partial charge < -0.3 is 0 Å². The quantitative estimate of drug-likeness (QED) is 0.759. The number of piperidine rings is 1. The molecule has 0 amide bonds. The highest BCUT2D eigenvalue weighted by Crippen LogP contribution is 2.34. The monoisotopic (exact) mass is 239 g/mol. The van der Waals surface area contributed by atoms with E-state index >= 15 is 0 Å². The Morgan fingerprint density at radius 2 is 2.06 bits per heavy atom. The van der Waals surface area contributed by atoms with Crippen LogP contribution in [0.4, 0.5) is 0 Å². The second-order valence-corrected chi connectivity index (χ2v) is 5.45. The largest absolute Gasteiger partial charge is 0.293 e. The topological polar surface area (TPSA) is 3.24 Å². The summed E-state index contributed by atoms with van der Waals surface area (Å²) >= 11 is 0. The predicted molar refractivity (Wildman–Crippen MR) is 76.3 cm³/mol. The molecule has 1 heteroatoms. The van der Waals surface area contributed by atoms with Gasteiger partial charge in [-0.2, -0.15) is 0 Å². The lowest BCUT2D eigenvalue weighted by Crippen LogP contribution is -2.42. The third-order valence-electron chi connectivity index (χ3n) is 4.34. The zero-order valence-corrected chi connectivity index (χ0v) is 11.0. The molecular formula is C17H21N. The van der Waals surface area contributed by atoms with Crippen LogP contribution in [-0.2, 0) is 6.54 Å². The van der Waals surface area contributed by atoms with Gasteiger partial charge >= 0.3 is 0 Å². The summed E-state index contributed by atoms with van der Waals surface area (Å²) < 4.78 is 0. The smallest absolute Gasteiger partial charge is 0.0288 e. The van der Waals surface area contributed by atoms with Gasteiger partial charge in [-0.25, -0.2) is 0 Å². The van der Waals surface area contributed by atoms with Gasteiger partial charge in [0.05, 0.1) is 0 Å². The van der Waals surface area contributed by atoms with Crippen molar-refractivity contribution in [3.05, 3.63) is 59.7 Å². The van der Waals surface area contributed by atoms with Gasteiger partial charge in [0, 0.05) is 12.6 Å². The Morgan fingerprint density at radius 1 is 1.22 bits per heavy atom. The predicted octanol–water partition coefficient (Wildman–Crippen LogP) is 3.78. The van der Waals surface area contributed by atoms with E-state index in [9.17, 15) is 0 Å². The molecular weight excluding hydrogens is 218 g/mol. The molecule has 0 N–H and O–H groups in total. The highest BCUT2D eigenvalue weighted by atomic mass is 15.2. The lowest BCUT2D eigenvalue weighted by atomic mass is 9.81. The molecule has 0 spiro atoms. The molecule has 1 aliphatic heterocycles. The first-order valence-electron chi connectivity index (χ1n) is 6.99. The van der Waals surface area contributed by atoms with Gasteiger partial charge in [0.15, 0.2) is 0 Å². The van der Waals surface area contributed by atoms with Gasteiger partial charge in [-0.15, -0.1) is 0 Å². The van der Waals surface area contributed by atoms with E-state index in [0.717, 1.165) is 12.5 Å². The third-order valence-corrected chi connectivity index (χ3v) is 4.34. The van der Waals surface area contributed by atoms with E-state index in [-0.39, 0.29) is 0 Å². The Morgan fingerprint density at radius 3 is 2.89 bits per heavy atom. The Bertz CT molecular complexity index is 458. The molecule has 2 atom stereocenters. The fourth-order valence-electron chi connectivity index (χ4n) is 3.22. The van der Waals surface area contributed by atoms with E-state index in [1.807, 2.05) is 0 Å². The van der Waals surface area contributed by atoms with E-state index in [1.165, 1.54) is 24.9 Å². The number of likely N-dealkylation sites (tertiary alicyclic amines) is 1. The van der Waals surface area contributed by atoms with Gasteiger partial charge in [-0.3, -0.25) is 4.90 Å². The summed E-state index contributed by atoms with van der Waals surface area (Å²) in [4.78, 5) is 2.61. The summed E-state index contributed by atoms with van der Waals surface area (Å²) in [6, 6.07) is 11.4. The van der Waals surface area contributed by atoms with Crippen LogP contribution in [0, 0.1) is 5.92 Å². The molecule has 3 rings (SSSR count). The molecule has 0 aromatic heterocycles. The molecule has 1 nitrogen and oxygen atoms in total. The van der Waals surface area contributed by atoms with Crippen molar-refractivity contribution in [3.63, 3.8) is 0 Å². The average Bonchev–Trinajstić information content (AvgIpc) is 2.43. The van der Waals surface area contributed by atoms with Crippen LogP contribution in [0.25, 0.3) is 0 Å². The molecule has 1 saturated heterocycles. The number of benzene rings is 1. The van der Waals surface area contributed by atoms with E-state index < -0.39 is 0 Å². The molecule has 18 heavy (non-hydrogen) atoms. The van der Waals surface area contributed by atoms with Gasteiger partial charge in [-0.1, -0.05) is 48.6 Å². The Kier molecular flexibility index (Phi) is 3.33. The maximum Gasteiger partial charge on any atom is 0.0288 e. The lowest BCUT2D eigenvalue weighted by molar-refractivity contribution is 0.167. The highest BCUT2D eigenvalue weighted by Gasteiger charge is 2.29. The van der Waals surface area contributed by atoms with Crippen molar-refractivity contribution in [2.24, 2.45) is 5.92 Å². The fraction of sp³-hybridized carbons (Fsp3) is 0.412. The van der Waals surface area contributed by atoms with Crippen LogP contribution in [0.2, 0.25) is 0 Å². The summed E-state index contributed by atoms with van der Waals surface area (Å²) in [6.45, 7) is 4.67. The van der Waals surface area contributed by atoms with Crippen molar-refractivity contribution in [2.75, 3.05) is 6.54 Å². The molecule has 1 aliphatic carbocycles. The SMILES string of the molecule is CC1C2=CC=CCC2CCN1Cc1ccccc1. The lowest BCUT2D eigenvalue weighted by Gasteiger charge is -2.40. The van der Waals surface area contributed by atoms with Crippen molar-refractivity contribution >= 4 is 0 Å². The zero-order chi connectivity index (χ0) is 12.4. The van der Waals surface area contributed by atoms with Crippen molar-refractivity contribution in [1.82, 2.24) is 4.90 Å². The Labute approximate surface area is 110 Å². The highest BCUT2D eigenvalue weighted by molar-refractivity contribution is 5.27. The van der Waals surface area contributed by atoms with Gasteiger partial charge in [0.25, 0.3) is 0 Å². The second kappa shape index (κ2) is 5.11. The summed E-state index contributed by atoms with van der Waals surface area (Å²) in [6.07, 6.45) is 9.45.